The third-order valence-corrected chi connectivity index (χ3v) is 8.82. The lowest BCUT2D eigenvalue weighted by Gasteiger charge is -2.32. The molecule has 186 valence electrons. The number of benzene rings is 1. The molecule has 0 amide bonds. The summed E-state index contributed by atoms with van der Waals surface area (Å²) in [5.74, 6) is 0.690. The summed E-state index contributed by atoms with van der Waals surface area (Å²) >= 11 is 12.4. The molecule has 0 radical (unpaired) electrons. The van der Waals surface area contributed by atoms with Gasteiger partial charge in [-0.05, 0) is 36.6 Å². The highest BCUT2D eigenvalue weighted by atomic mass is 35.5. The number of hydrogen-bond acceptors (Lipinski definition) is 10. The summed E-state index contributed by atoms with van der Waals surface area (Å²) in [5.41, 5.74) is 4.39. The zero-order valence-electron chi connectivity index (χ0n) is 18.3. The van der Waals surface area contributed by atoms with Crippen LogP contribution >= 0.6 is 35.0 Å². The van der Waals surface area contributed by atoms with Gasteiger partial charge in [0.25, 0.3) is 0 Å². The smallest absolute Gasteiger partial charge is 0.305 e. The van der Waals surface area contributed by atoms with E-state index in [9.17, 15) is 4.21 Å². The molecule has 1 unspecified atom stereocenters. The molecule has 2 aromatic heterocycles. The van der Waals surface area contributed by atoms with E-state index < -0.39 is 35.9 Å². The fourth-order valence-electron chi connectivity index (χ4n) is 4.56. The van der Waals surface area contributed by atoms with Gasteiger partial charge in [0, 0.05) is 23.2 Å². The zero-order valence-corrected chi connectivity index (χ0v) is 21.5. The number of thioether (sulfide) groups is 1. The van der Waals surface area contributed by atoms with Crippen molar-refractivity contribution in [3.8, 4) is 0 Å². The number of aromatic nitrogens is 4. The first-order valence-corrected chi connectivity index (χ1v) is 14.0. The average molecular weight is 557 g/mol. The van der Waals surface area contributed by atoms with Crippen molar-refractivity contribution in [3.63, 3.8) is 0 Å². The van der Waals surface area contributed by atoms with Crippen LogP contribution in [0.4, 0.5) is 5.82 Å². The molecule has 6 rings (SSSR count). The zero-order chi connectivity index (χ0) is 23.9. The summed E-state index contributed by atoms with van der Waals surface area (Å²) in [6, 6.07) is 10.5. The number of ether oxygens (including phenoxy) is 1. The Bertz CT molecular complexity index is 1230. The molecule has 1 N–H and O–H groups in total. The fourth-order valence-corrected chi connectivity index (χ4v) is 6.96. The summed E-state index contributed by atoms with van der Waals surface area (Å²) in [6.45, 7) is 1.72. The van der Waals surface area contributed by atoms with E-state index in [1.54, 1.807) is 10.9 Å². The number of piperidine rings is 1. The van der Waals surface area contributed by atoms with Gasteiger partial charge in [0.1, 0.15) is 12.2 Å². The predicted octanol–water partition coefficient (Wildman–Crippen LogP) is 3.56. The van der Waals surface area contributed by atoms with Gasteiger partial charge in [-0.15, -0.1) is 23.4 Å². The van der Waals surface area contributed by atoms with Crippen LogP contribution in [0.1, 0.15) is 19.1 Å². The van der Waals surface area contributed by atoms with Crippen molar-refractivity contribution in [2.24, 2.45) is 0 Å². The van der Waals surface area contributed by atoms with E-state index >= 15 is 0 Å². The van der Waals surface area contributed by atoms with Crippen molar-refractivity contribution in [2.75, 3.05) is 24.4 Å². The van der Waals surface area contributed by atoms with Gasteiger partial charge in [0.05, 0.1) is 12.2 Å². The molecule has 3 saturated heterocycles. The summed E-state index contributed by atoms with van der Waals surface area (Å²) in [6.07, 6.45) is 1.38. The highest BCUT2D eigenvalue weighted by Gasteiger charge is 2.53. The molecule has 3 fully saturated rings. The lowest BCUT2D eigenvalue weighted by atomic mass is 10.1. The number of alkyl halides is 1. The van der Waals surface area contributed by atoms with Gasteiger partial charge in [-0.25, -0.2) is 9.99 Å². The molecule has 5 atom stereocenters. The van der Waals surface area contributed by atoms with Crippen molar-refractivity contribution < 1.29 is 17.3 Å². The van der Waals surface area contributed by atoms with Crippen LogP contribution in [0, 0.1) is 0 Å². The third kappa shape index (κ3) is 4.78. The number of anilines is 1. The Morgan fingerprint density at radius 3 is 2.69 bits per heavy atom. The molecule has 14 heteroatoms. The SMILES string of the molecule is O=S1O[C@@H]2[C@H](O1)[C@@H](CCl)O[C@H]2n1cnc2c(NN3CCC(Sc4ccccc4)CC3)nc(Cl)nc21. The van der Waals surface area contributed by atoms with Gasteiger partial charge in [0.2, 0.25) is 5.28 Å². The van der Waals surface area contributed by atoms with Crippen LogP contribution in [0.25, 0.3) is 11.2 Å². The number of nitrogens with one attached hydrogen (secondary N) is 1. The summed E-state index contributed by atoms with van der Waals surface area (Å²) in [5, 5.41) is 2.76. The van der Waals surface area contributed by atoms with Crippen molar-refractivity contribution in [1.29, 1.82) is 0 Å². The summed E-state index contributed by atoms with van der Waals surface area (Å²) < 4.78 is 30.4. The standard InChI is InChI=1S/C21H22Cl2N6O4S2/c22-10-14-16-17(33-35(30)32-16)20(31-14)29-11-24-15-18(25-21(23)26-19(15)29)27-28-8-6-13(7-9-28)34-12-4-2-1-3-5-12/h1-5,11,13-14,16-17,20H,6-10H2,(H,25,26,27)/t14-,16-,17-,20-,35?/m1/s1. The second-order valence-corrected chi connectivity index (χ2v) is 11.3. The Kier molecular flexibility index (Phi) is 6.88. The van der Waals surface area contributed by atoms with E-state index in [-0.39, 0.29) is 11.2 Å². The Morgan fingerprint density at radius 2 is 1.91 bits per heavy atom. The largest absolute Gasteiger partial charge is 0.348 e. The maximum Gasteiger partial charge on any atom is 0.305 e. The second-order valence-electron chi connectivity index (χ2n) is 8.44. The van der Waals surface area contributed by atoms with Crippen molar-refractivity contribution in [3.05, 3.63) is 41.9 Å². The van der Waals surface area contributed by atoms with Gasteiger partial charge < -0.3 is 10.2 Å². The minimum atomic E-state index is -1.85. The number of halogens is 2. The van der Waals surface area contributed by atoms with Crippen LogP contribution in [-0.4, -0.2) is 71.3 Å². The highest BCUT2D eigenvalue weighted by Crippen LogP contribution is 2.40. The minimum absolute atomic E-state index is 0.0758. The monoisotopic (exact) mass is 556 g/mol. The lowest BCUT2D eigenvalue weighted by Crippen LogP contribution is -2.39. The number of fused-ring (bicyclic) bond motifs is 2. The number of rotatable bonds is 6. The molecule has 0 aliphatic carbocycles. The maximum atomic E-state index is 11.8. The molecule has 3 aliphatic rings. The molecule has 0 spiro atoms. The summed E-state index contributed by atoms with van der Waals surface area (Å²) in [7, 11) is 0. The van der Waals surface area contributed by atoms with Gasteiger partial charge >= 0.3 is 11.4 Å². The minimum Gasteiger partial charge on any atom is -0.348 e. The van der Waals surface area contributed by atoms with E-state index in [2.05, 4.69) is 49.7 Å². The lowest BCUT2D eigenvalue weighted by molar-refractivity contribution is -0.0246. The van der Waals surface area contributed by atoms with Crippen LogP contribution in [0.5, 0.6) is 0 Å². The molecular weight excluding hydrogens is 535 g/mol. The predicted molar refractivity (Wildman–Crippen MR) is 133 cm³/mol. The quantitative estimate of drug-likeness (QED) is 0.358. The second kappa shape index (κ2) is 10.1. The molecule has 1 aromatic carbocycles. The van der Waals surface area contributed by atoms with E-state index in [0.717, 1.165) is 25.9 Å². The highest BCUT2D eigenvalue weighted by molar-refractivity contribution is 8.00. The van der Waals surface area contributed by atoms with Crippen molar-refractivity contribution >= 4 is 63.3 Å². The first-order valence-electron chi connectivity index (χ1n) is 11.2. The average Bonchev–Trinajstić information content (AvgIpc) is 3.54. The van der Waals surface area contributed by atoms with Gasteiger partial charge in [-0.3, -0.25) is 12.9 Å². The Morgan fingerprint density at radius 1 is 1.14 bits per heavy atom. The van der Waals surface area contributed by atoms with Crippen molar-refractivity contribution in [1.82, 2.24) is 24.5 Å². The number of imidazole rings is 1. The van der Waals surface area contributed by atoms with Gasteiger partial charge in [-0.2, -0.15) is 14.2 Å². The van der Waals surface area contributed by atoms with Crippen LogP contribution in [0.3, 0.4) is 0 Å². The van der Waals surface area contributed by atoms with E-state index in [0.29, 0.717) is 22.2 Å². The van der Waals surface area contributed by atoms with Crippen LogP contribution in [0.15, 0.2) is 41.6 Å². The molecule has 0 saturated carbocycles. The van der Waals surface area contributed by atoms with E-state index in [1.807, 2.05) is 17.8 Å². The molecule has 0 bridgehead atoms. The molecule has 35 heavy (non-hydrogen) atoms. The Balaban J connectivity index is 1.19. The third-order valence-electron chi connectivity index (χ3n) is 6.24. The van der Waals surface area contributed by atoms with Crippen LogP contribution in [0.2, 0.25) is 5.28 Å². The topological polar surface area (TPSA) is 104 Å². The first kappa shape index (κ1) is 23.9. The molecular formula is C21H22Cl2N6O4S2. The molecule has 3 aromatic rings. The Hall–Kier alpha value is -1.51. The van der Waals surface area contributed by atoms with Crippen molar-refractivity contribution in [2.45, 2.75) is 47.5 Å². The number of nitrogens with zero attached hydrogens (tertiary/aromatic N) is 5. The van der Waals surface area contributed by atoms with Crippen LogP contribution < -0.4 is 5.43 Å². The number of hydrogen-bond donors (Lipinski definition) is 1. The van der Waals surface area contributed by atoms with E-state index in [1.165, 1.54) is 4.90 Å². The molecule has 3 aliphatic heterocycles. The maximum absolute atomic E-state index is 11.8. The first-order chi connectivity index (χ1) is 17.1. The van der Waals surface area contributed by atoms with Crippen LogP contribution in [-0.2, 0) is 24.5 Å². The summed E-state index contributed by atoms with van der Waals surface area (Å²) in [4.78, 5) is 14.6. The normalized spacial score (nSPS) is 29.6. The fraction of sp³-hybridized carbons (Fsp3) is 0.476. The van der Waals surface area contributed by atoms with Gasteiger partial charge in [0.15, 0.2) is 29.3 Å². The molecule has 5 heterocycles. The van der Waals surface area contributed by atoms with Gasteiger partial charge in [-0.1, -0.05) is 18.2 Å². The number of hydrazine groups is 1. The van der Waals surface area contributed by atoms with E-state index in [4.69, 9.17) is 36.3 Å². The molecule has 10 nitrogen and oxygen atoms in total. The Labute approximate surface area is 218 Å².